The Bertz CT molecular complexity index is 489. The number of rotatable bonds is 0. The van der Waals surface area contributed by atoms with E-state index in [9.17, 15) is 9.18 Å². The van der Waals surface area contributed by atoms with E-state index in [1.807, 2.05) is 0 Å². The first-order chi connectivity index (χ1) is 5.68. The van der Waals surface area contributed by atoms with Gasteiger partial charge in [-0.15, -0.1) is 5.10 Å². The highest BCUT2D eigenvalue weighted by molar-refractivity contribution is 9.10. The molecule has 0 aromatic carbocycles. The molecule has 4 nitrogen and oxygen atoms in total. The van der Waals surface area contributed by atoms with Gasteiger partial charge in [-0.3, -0.25) is 0 Å². The Morgan fingerprint density at radius 1 is 1.67 bits per heavy atom. The molecule has 0 aliphatic rings. The lowest BCUT2D eigenvalue weighted by Crippen LogP contribution is -2.09. The van der Waals surface area contributed by atoms with Crippen LogP contribution in [0.2, 0.25) is 0 Å². The van der Waals surface area contributed by atoms with Gasteiger partial charge in [-0.1, -0.05) is 0 Å². The summed E-state index contributed by atoms with van der Waals surface area (Å²) in [6.07, 6.45) is 1.45. The summed E-state index contributed by atoms with van der Waals surface area (Å²) in [4.78, 5) is 10.9. The first kappa shape index (κ1) is 7.48. The van der Waals surface area contributed by atoms with E-state index in [2.05, 4.69) is 26.1 Å². The highest BCUT2D eigenvalue weighted by atomic mass is 79.9. The highest BCUT2D eigenvalue weighted by Gasteiger charge is 2.06. The lowest BCUT2D eigenvalue weighted by molar-refractivity contribution is 0.628. The van der Waals surface area contributed by atoms with Crippen LogP contribution in [0.15, 0.2) is 21.5 Å². The van der Waals surface area contributed by atoms with Crippen LogP contribution in [0.5, 0.6) is 0 Å². The SMILES string of the molecule is O=c1[nH]nc2c(F)cc(Br)cn12. The molecular formula is C6H3BrFN3O. The number of pyridine rings is 1. The van der Waals surface area contributed by atoms with Gasteiger partial charge in [-0.2, -0.15) is 0 Å². The van der Waals surface area contributed by atoms with Gasteiger partial charge in [0, 0.05) is 10.7 Å². The second kappa shape index (κ2) is 2.41. The number of aromatic nitrogens is 3. The third-order valence-electron chi connectivity index (χ3n) is 1.44. The highest BCUT2D eigenvalue weighted by Crippen LogP contribution is 2.12. The molecule has 0 radical (unpaired) electrons. The number of hydrogen-bond donors (Lipinski definition) is 1. The Kier molecular flexibility index (Phi) is 1.50. The van der Waals surface area contributed by atoms with Crippen LogP contribution in [0.1, 0.15) is 0 Å². The number of nitrogens with zero attached hydrogens (tertiary/aromatic N) is 2. The standard InChI is InChI=1S/C6H3BrFN3O/c7-3-1-4(8)5-9-10-6(12)11(5)2-3/h1-2H,(H,10,12). The Morgan fingerprint density at radius 2 is 2.42 bits per heavy atom. The first-order valence-electron chi connectivity index (χ1n) is 3.10. The quantitative estimate of drug-likeness (QED) is 0.734. The molecule has 0 fully saturated rings. The summed E-state index contributed by atoms with van der Waals surface area (Å²) in [6, 6.07) is 1.25. The number of aromatic amines is 1. The summed E-state index contributed by atoms with van der Waals surface area (Å²) < 4.78 is 14.6. The average Bonchev–Trinajstić information content (AvgIpc) is 2.33. The third-order valence-corrected chi connectivity index (χ3v) is 1.87. The molecule has 0 spiro atoms. The monoisotopic (exact) mass is 231 g/mol. The molecule has 1 N–H and O–H groups in total. The van der Waals surface area contributed by atoms with Crippen molar-refractivity contribution < 1.29 is 4.39 Å². The summed E-state index contributed by atoms with van der Waals surface area (Å²) in [5.74, 6) is -0.539. The Balaban J connectivity index is 3.02. The van der Waals surface area contributed by atoms with E-state index in [0.717, 1.165) is 4.40 Å². The van der Waals surface area contributed by atoms with Crippen molar-refractivity contribution in [2.75, 3.05) is 0 Å². The number of fused-ring (bicyclic) bond motifs is 1. The van der Waals surface area contributed by atoms with Gasteiger partial charge < -0.3 is 0 Å². The van der Waals surface area contributed by atoms with Crippen molar-refractivity contribution in [1.29, 1.82) is 0 Å². The summed E-state index contributed by atoms with van der Waals surface area (Å²) >= 11 is 3.06. The van der Waals surface area contributed by atoms with Crippen molar-refractivity contribution in [3.8, 4) is 0 Å². The third kappa shape index (κ3) is 0.953. The molecular weight excluding hydrogens is 229 g/mol. The van der Waals surface area contributed by atoms with E-state index >= 15 is 0 Å². The van der Waals surface area contributed by atoms with Gasteiger partial charge in [0.1, 0.15) is 0 Å². The average molecular weight is 232 g/mol. The van der Waals surface area contributed by atoms with Crippen molar-refractivity contribution in [2.45, 2.75) is 0 Å². The summed E-state index contributed by atoms with van der Waals surface area (Å²) in [5.41, 5.74) is -0.451. The largest absolute Gasteiger partial charge is 0.347 e. The fourth-order valence-electron chi connectivity index (χ4n) is 0.939. The van der Waals surface area contributed by atoms with E-state index < -0.39 is 11.5 Å². The molecule has 0 aliphatic heterocycles. The molecule has 12 heavy (non-hydrogen) atoms. The summed E-state index contributed by atoms with van der Waals surface area (Å²) in [7, 11) is 0. The minimum atomic E-state index is -0.539. The van der Waals surface area contributed by atoms with Crippen LogP contribution in [0, 0.1) is 5.82 Å². The lowest BCUT2D eigenvalue weighted by atomic mass is 10.4. The van der Waals surface area contributed by atoms with E-state index in [-0.39, 0.29) is 5.65 Å². The number of nitrogens with one attached hydrogen (secondary N) is 1. The van der Waals surface area contributed by atoms with Gasteiger partial charge in [0.2, 0.25) is 0 Å². The molecule has 0 amide bonds. The molecule has 0 aliphatic carbocycles. The van der Waals surface area contributed by atoms with Crippen molar-refractivity contribution >= 4 is 21.6 Å². The molecule has 2 rings (SSSR count). The van der Waals surface area contributed by atoms with Crippen molar-refractivity contribution in [3.63, 3.8) is 0 Å². The maximum absolute atomic E-state index is 13.0. The predicted octanol–water partition coefficient (Wildman–Crippen LogP) is 0.924. The minimum absolute atomic E-state index is 0.00296. The second-order valence-electron chi connectivity index (χ2n) is 2.23. The molecule has 0 saturated heterocycles. The molecule has 2 heterocycles. The van der Waals surface area contributed by atoms with Crippen molar-refractivity contribution in [1.82, 2.24) is 14.6 Å². The lowest BCUT2D eigenvalue weighted by Gasteiger charge is -1.93. The zero-order valence-corrected chi connectivity index (χ0v) is 7.30. The van der Waals surface area contributed by atoms with Crippen LogP contribution < -0.4 is 5.69 Å². The van der Waals surface area contributed by atoms with E-state index in [1.165, 1.54) is 12.3 Å². The number of hydrogen-bond acceptors (Lipinski definition) is 2. The van der Waals surface area contributed by atoms with Crippen LogP contribution in [0.3, 0.4) is 0 Å². The fraction of sp³-hybridized carbons (Fsp3) is 0. The second-order valence-corrected chi connectivity index (χ2v) is 3.14. The maximum Gasteiger partial charge on any atom is 0.347 e. The zero-order chi connectivity index (χ0) is 8.72. The minimum Gasteiger partial charge on any atom is -0.247 e. The number of H-pyrrole nitrogens is 1. The molecule has 0 unspecified atom stereocenters. The van der Waals surface area contributed by atoms with Crippen molar-refractivity contribution in [2.24, 2.45) is 0 Å². The predicted molar refractivity (Wildman–Crippen MR) is 43.5 cm³/mol. The Labute approximate surface area is 74.2 Å². The summed E-state index contributed by atoms with van der Waals surface area (Å²) in [6.45, 7) is 0. The van der Waals surface area contributed by atoms with Gasteiger partial charge >= 0.3 is 5.69 Å². The van der Waals surface area contributed by atoms with Gasteiger partial charge in [0.15, 0.2) is 11.5 Å². The smallest absolute Gasteiger partial charge is 0.247 e. The molecule has 2 aromatic heterocycles. The van der Waals surface area contributed by atoms with Gasteiger partial charge in [-0.05, 0) is 22.0 Å². The summed E-state index contributed by atoms with van der Waals surface area (Å²) in [5, 5.41) is 5.63. The molecule has 62 valence electrons. The van der Waals surface area contributed by atoms with Gasteiger partial charge in [-0.25, -0.2) is 18.7 Å². The van der Waals surface area contributed by atoms with Crippen LogP contribution >= 0.6 is 15.9 Å². The molecule has 0 bridgehead atoms. The van der Waals surface area contributed by atoms with E-state index in [4.69, 9.17) is 0 Å². The van der Waals surface area contributed by atoms with E-state index in [0.29, 0.717) is 4.47 Å². The Hall–Kier alpha value is -1.17. The molecule has 0 saturated carbocycles. The van der Waals surface area contributed by atoms with Gasteiger partial charge in [0.25, 0.3) is 0 Å². The Morgan fingerprint density at radius 3 is 3.17 bits per heavy atom. The van der Waals surface area contributed by atoms with Gasteiger partial charge in [0.05, 0.1) is 0 Å². The first-order valence-corrected chi connectivity index (χ1v) is 3.89. The van der Waals surface area contributed by atoms with E-state index in [1.54, 1.807) is 0 Å². The zero-order valence-electron chi connectivity index (χ0n) is 5.71. The fourth-order valence-corrected chi connectivity index (χ4v) is 1.34. The molecule has 2 aromatic rings. The van der Waals surface area contributed by atoms with Crippen molar-refractivity contribution in [3.05, 3.63) is 33.0 Å². The molecule has 0 atom stereocenters. The maximum atomic E-state index is 13.0. The molecule has 6 heteroatoms. The van der Waals surface area contributed by atoms with Crippen LogP contribution in [-0.2, 0) is 0 Å². The topological polar surface area (TPSA) is 50.2 Å². The normalized spacial score (nSPS) is 10.8. The van der Waals surface area contributed by atoms with Crippen LogP contribution in [0.4, 0.5) is 4.39 Å². The van der Waals surface area contributed by atoms with Crippen LogP contribution in [0.25, 0.3) is 5.65 Å². The number of halogens is 2. The van der Waals surface area contributed by atoms with Crippen LogP contribution in [-0.4, -0.2) is 14.6 Å².